The first-order valence-electron chi connectivity index (χ1n) is 9.31. The molecule has 0 saturated carbocycles. The van der Waals surface area contributed by atoms with Crippen LogP contribution < -0.4 is 0 Å². The highest BCUT2D eigenvalue weighted by Gasteiger charge is 2.23. The summed E-state index contributed by atoms with van der Waals surface area (Å²) in [5.41, 5.74) is 3.13. The van der Waals surface area contributed by atoms with Gasteiger partial charge in [0.15, 0.2) is 0 Å². The number of benzene rings is 1. The number of alkyl halides is 1. The van der Waals surface area contributed by atoms with Crippen molar-refractivity contribution in [3.8, 4) is 0 Å². The predicted octanol–water partition coefficient (Wildman–Crippen LogP) is 5.32. The summed E-state index contributed by atoms with van der Waals surface area (Å²) in [4.78, 5) is 4.99. The molecule has 0 amide bonds. The van der Waals surface area contributed by atoms with Gasteiger partial charge in [0.2, 0.25) is 0 Å². The van der Waals surface area contributed by atoms with Crippen molar-refractivity contribution in [3.63, 3.8) is 0 Å². The van der Waals surface area contributed by atoms with Crippen molar-refractivity contribution < 1.29 is 0 Å². The number of allylic oxidation sites excluding steroid dienone is 1. The van der Waals surface area contributed by atoms with Crippen LogP contribution >= 0.6 is 15.9 Å². The molecule has 0 N–H and O–H groups in total. The molecule has 0 saturated heterocycles. The van der Waals surface area contributed by atoms with Crippen LogP contribution in [0.15, 0.2) is 54.4 Å². The molecular formula is C21H29BrN2. The number of hydrogen-bond donors (Lipinski definition) is 0. The Hall–Kier alpha value is -1.22. The summed E-state index contributed by atoms with van der Waals surface area (Å²) in [6, 6.07) is 11.5. The predicted molar refractivity (Wildman–Crippen MR) is 106 cm³/mol. The van der Waals surface area contributed by atoms with Crippen molar-refractivity contribution in [2.75, 3.05) is 18.5 Å². The molecule has 0 radical (unpaired) electrons. The Morgan fingerprint density at radius 2 is 1.92 bits per heavy atom. The molecular weight excluding hydrogens is 360 g/mol. The highest BCUT2D eigenvalue weighted by Crippen LogP contribution is 2.26. The highest BCUT2D eigenvalue weighted by molar-refractivity contribution is 9.09. The van der Waals surface area contributed by atoms with Gasteiger partial charge in [-0.3, -0.25) is 0 Å². The summed E-state index contributed by atoms with van der Waals surface area (Å²) in [5, 5.41) is 1.08. The maximum Gasteiger partial charge on any atom is 0.0896 e. The summed E-state index contributed by atoms with van der Waals surface area (Å²) in [5.74, 6) is 0. The van der Waals surface area contributed by atoms with E-state index in [4.69, 9.17) is 0 Å². The molecule has 1 unspecified atom stereocenters. The molecule has 24 heavy (non-hydrogen) atoms. The summed E-state index contributed by atoms with van der Waals surface area (Å²) in [6.45, 7) is 2.18. The zero-order chi connectivity index (χ0) is 16.6. The average Bonchev–Trinajstić information content (AvgIpc) is 3.10. The van der Waals surface area contributed by atoms with Gasteiger partial charge < -0.3 is 9.80 Å². The molecule has 0 bridgehead atoms. The normalized spacial score (nSPS) is 18.8. The number of nitrogens with zero attached hydrogens (tertiary/aromatic N) is 2. The van der Waals surface area contributed by atoms with Gasteiger partial charge in [-0.15, -0.1) is 0 Å². The Labute approximate surface area is 155 Å². The van der Waals surface area contributed by atoms with Gasteiger partial charge in [-0.1, -0.05) is 57.9 Å². The zero-order valence-corrected chi connectivity index (χ0v) is 16.1. The van der Waals surface area contributed by atoms with Gasteiger partial charge in [0.05, 0.1) is 6.67 Å². The van der Waals surface area contributed by atoms with E-state index < -0.39 is 0 Å². The van der Waals surface area contributed by atoms with Crippen molar-refractivity contribution in [1.29, 1.82) is 0 Å². The second kappa shape index (κ2) is 9.31. The van der Waals surface area contributed by atoms with Gasteiger partial charge >= 0.3 is 0 Å². The van der Waals surface area contributed by atoms with Gasteiger partial charge in [-0.2, -0.15) is 0 Å². The van der Waals surface area contributed by atoms with Gasteiger partial charge in [-0.05, 0) is 50.5 Å². The molecule has 1 aromatic carbocycles. The van der Waals surface area contributed by atoms with Crippen molar-refractivity contribution in [2.24, 2.45) is 0 Å². The van der Waals surface area contributed by atoms with Crippen LogP contribution in [0.2, 0.25) is 0 Å². The first-order valence-corrected chi connectivity index (χ1v) is 10.4. The molecule has 0 spiro atoms. The van der Waals surface area contributed by atoms with E-state index in [1.165, 1.54) is 44.1 Å². The van der Waals surface area contributed by atoms with E-state index in [2.05, 4.69) is 74.5 Å². The fraction of sp³-hybridized carbons (Fsp3) is 0.524. The van der Waals surface area contributed by atoms with Crippen LogP contribution in [0.25, 0.3) is 0 Å². The van der Waals surface area contributed by atoms with Crippen LogP contribution in [-0.4, -0.2) is 34.4 Å². The van der Waals surface area contributed by atoms with Crippen LogP contribution in [0.1, 0.15) is 44.1 Å². The topological polar surface area (TPSA) is 6.48 Å². The first kappa shape index (κ1) is 17.6. The molecule has 2 aliphatic rings. The van der Waals surface area contributed by atoms with Crippen molar-refractivity contribution in [3.05, 3.63) is 59.9 Å². The lowest BCUT2D eigenvalue weighted by molar-refractivity contribution is 0.207. The lowest BCUT2D eigenvalue weighted by Gasteiger charge is -2.31. The summed E-state index contributed by atoms with van der Waals surface area (Å²) in [6.07, 6.45) is 16.0. The van der Waals surface area contributed by atoms with Crippen molar-refractivity contribution >= 4 is 15.9 Å². The Kier molecular flexibility index (Phi) is 6.83. The smallest absolute Gasteiger partial charge is 0.0896 e. The zero-order valence-electron chi connectivity index (χ0n) is 14.5. The second-order valence-corrected chi connectivity index (χ2v) is 7.76. The molecule has 0 aromatic heterocycles. The van der Waals surface area contributed by atoms with Crippen molar-refractivity contribution in [1.82, 2.24) is 9.80 Å². The maximum absolute atomic E-state index is 3.54. The van der Waals surface area contributed by atoms with E-state index in [0.29, 0.717) is 6.04 Å². The number of rotatable bonds is 8. The van der Waals surface area contributed by atoms with E-state index in [1.807, 2.05) is 0 Å². The third-order valence-electron chi connectivity index (χ3n) is 5.06. The Morgan fingerprint density at radius 1 is 1.04 bits per heavy atom. The van der Waals surface area contributed by atoms with Crippen LogP contribution in [0.3, 0.4) is 0 Å². The molecule has 2 nitrogen and oxygen atoms in total. The highest BCUT2D eigenvalue weighted by atomic mass is 79.9. The minimum atomic E-state index is 0.571. The fourth-order valence-electron chi connectivity index (χ4n) is 3.71. The van der Waals surface area contributed by atoms with E-state index >= 15 is 0 Å². The lowest BCUT2D eigenvalue weighted by Crippen LogP contribution is -2.36. The molecule has 3 rings (SSSR count). The quantitative estimate of drug-likeness (QED) is 0.439. The third kappa shape index (κ3) is 5.14. The first-order chi connectivity index (χ1) is 11.8. The van der Waals surface area contributed by atoms with E-state index in [-0.39, 0.29) is 0 Å². The molecule has 3 heteroatoms. The fourth-order valence-corrected chi connectivity index (χ4v) is 3.97. The second-order valence-electron chi connectivity index (χ2n) is 6.96. The molecule has 1 atom stereocenters. The van der Waals surface area contributed by atoms with Crippen LogP contribution in [-0.2, 0) is 6.42 Å². The Morgan fingerprint density at radius 3 is 2.67 bits per heavy atom. The molecule has 130 valence electrons. The lowest BCUT2D eigenvalue weighted by atomic mass is 9.91. The van der Waals surface area contributed by atoms with Gasteiger partial charge in [-0.25, -0.2) is 0 Å². The summed E-state index contributed by atoms with van der Waals surface area (Å²) < 4.78 is 0. The van der Waals surface area contributed by atoms with E-state index in [9.17, 15) is 0 Å². The van der Waals surface area contributed by atoms with Crippen LogP contribution in [0.4, 0.5) is 0 Å². The van der Waals surface area contributed by atoms with Crippen LogP contribution in [0, 0.1) is 0 Å². The third-order valence-corrected chi connectivity index (χ3v) is 5.62. The number of halogens is 1. The summed E-state index contributed by atoms with van der Waals surface area (Å²) in [7, 11) is 0. The maximum atomic E-state index is 3.54. The monoisotopic (exact) mass is 388 g/mol. The van der Waals surface area contributed by atoms with E-state index in [1.54, 1.807) is 5.57 Å². The molecule has 1 aromatic rings. The SMILES string of the molecule is BrCCCN1C=CN(C(CC2=CCCCC2)Cc2ccccc2)C1. The molecule has 0 fully saturated rings. The Bertz CT molecular complexity index is 552. The minimum Gasteiger partial charge on any atom is -0.359 e. The Balaban J connectivity index is 1.65. The number of hydrogen-bond acceptors (Lipinski definition) is 2. The largest absolute Gasteiger partial charge is 0.359 e. The van der Waals surface area contributed by atoms with Crippen LogP contribution in [0.5, 0.6) is 0 Å². The standard InChI is InChI=1S/C21H29BrN2/c22-12-7-13-23-14-15-24(18-23)21(16-19-8-3-1-4-9-19)17-20-10-5-2-6-11-20/h1,3-4,8-10,14-15,21H,2,5-7,11-13,16-18H2. The molecule has 1 aliphatic heterocycles. The van der Waals surface area contributed by atoms with E-state index in [0.717, 1.165) is 25.0 Å². The van der Waals surface area contributed by atoms with Gasteiger partial charge in [0.25, 0.3) is 0 Å². The molecule has 1 heterocycles. The van der Waals surface area contributed by atoms with Crippen molar-refractivity contribution in [2.45, 2.75) is 51.0 Å². The summed E-state index contributed by atoms with van der Waals surface area (Å²) >= 11 is 3.54. The molecule has 1 aliphatic carbocycles. The average molecular weight is 389 g/mol. The van der Waals surface area contributed by atoms with Gasteiger partial charge in [0, 0.05) is 30.3 Å². The minimum absolute atomic E-state index is 0.571. The van der Waals surface area contributed by atoms with Gasteiger partial charge in [0.1, 0.15) is 0 Å².